The second kappa shape index (κ2) is 8.48. The first-order valence-electron chi connectivity index (χ1n) is 7.97. The Bertz CT molecular complexity index is 858. The highest BCUT2D eigenvalue weighted by Gasteiger charge is 2.17. The molecule has 0 aromatic carbocycles. The molecule has 25 heavy (non-hydrogen) atoms. The number of carbonyl (C=O) groups is 1. The number of rotatable bonds is 4. The second-order valence-electron chi connectivity index (χ2n) is 4.98. The lowest BCUT2D eigenvalue weighted by Crippen LogP contribution is -2.06. The van der Waals surface area contributed by atoms with Crippen LogP contribution in [0.5, 0.6) is 0 Å². The molecule has 0 aliphatic carbocycles. The van der Waals surface area contributed by atoms with E-state index < -0.39 is 5.97 Å². The maximum Gasteiger partial charge on any atom is 0.341 e. The number of ether oxygens (including phenoxy) is 1. The highest BCUT2D eigenvalue weighted by atomic mass is 35.5. The molecule has 3 heterocycles. The number of fused-ring (bicyclic) bond motifs is 1. The van der Waals surface area contributed by atoms with Crippen LogP contribution in [0.15, 0.2) is 24.7 Å². The van der Waals surface area contributed by atoms with E-state index in [0.29, 0.717) is 29.2 Å². The average molecular weight is 365 g/mol. The Morgan fingerprint density at radius 3 is 2.44 bits per heavy atom. The van der Waals surface area contributed by atoms with Gasteiger partial charge in [-0.25, -0.2) is 14.5 Å². The normalized spacial score (nSPS) is 10.4. The van der Waals surface area contributed by atoms with E-state index in [9.17, 15) is 4.79 Å². The molecular formula is C16H21ClN6O2. The number of hydrogen-bond donors (Lipinski definition) is 1. The molecule has 0 saturated heterocycles. The van der Waals surface area contributed by atoms with Crippen LogP contribution in [0.2, 0.25) is 5.02 Å². The van der Waals surface area contributed by atoms with E-state index >= 15 is 0 Å². The van der Waals surface area contributed by atoms with Crippen LogP contribution in [-0.2, 0) is 17.8 Å². The Morgan fingerprint density at radius 1 is 1.20 bits per heavy atom. The summed E-state index contributed by atoms with van der Waals surface area (Å²) in [7, 11) is 0. The minimum absolute atomic E-state index is 0.275. The number of pyridine rings is 1. The molecule has 0 amide bonds. The topological polar surface area (TPSA) is 101 Å². The molecule has 0 unspecified atom stereocenters. The quantitative estimate of drug-likeness (QED) is 0.714. The van der Waals surface area contributed by atoms with Crippen molar-refractivity contribution in [1.82, 2.24) is 24.5 Å². The Kier molecular flexibility index (Phi) is 6.35. The van der Waals surface area contributed by atoms with Gasteiger partial charge in [0.25, 0.3) is 0 Å². The predicted molar refractivity (Wildman–Crippen MR) is 96.5 cm³/mol. The summed E-state index contributed by atoms with van der Waals surface area (Å²) in [5.74, 6) is 0.267. The molecule has 0 aliphatic rings. The van der Waals surface area contributed by atoms with E-state index in [1.165, 1.54) is 6.20 Å². The number of hydrogen-bond acceptors (Lipinski definition) is 6. The van der Waals surface area contributed by atoms with Gasteiger partial charge in [0.15, 0.2) is 5.65 Å². The van der Waals surface area contributed by atoms with Crippen molar-refractivity contribution in [3.05, 3.63) is 35.2 Å². The van der Waals surface area contributed by atoms with E-state index in [-0.39, 0.29) is 5.56 Å². The smallest absolute Gasteiger partial charge is 0.341 e. The zero-order valence-electron chi connectivity index (χ0n) is 14.4. The molecular weight excluding hydrogens is 344 g/mol. The molecule has 3 aromatic heterocycles. The number of anilines is 1. The third-order valence-electron chi connectivity index (χ3n) is 3.44. The highest BCUT2D eigenvalue weighted by molar-refractivity contribution is 6.38. The molecule has 8 nitrogen and oxygen atoms in total. The van der Waals surface area contributed by atoms with Gasteiger partial charge >= 0.3 is 5.97 Å². The summed E-state index contributed by atoms with van der Waals surface area (Å²) < 4.78 is 8.35. The molecule has 3 rings (SSSR count). The van der Waals surface area contributed by atoms with E-state index in [4.69, 9.17) is 22.1 Å². The molecule has 2 N–H and O–H groups in total. The summed E-state index contributed by atoms with van der Waals surface area (Å²) in [6.07, 6.45) is 4.73. The summed E-state index contributed by atoms with van der Waals surface area (Å²) >= 11 is 6.15. The minimum Gasteiger partial charge on any atom is -0.462 e. The van der Waals surface area contributed by atoms with Gasteiger partial charge in [0, 0.05) is 19.3 Å². The number of aromatic nitrogens is 5. The maximum absolute atomic E-state index is 11.6. The Labute approximate surface area is 150 Å². The number of halogens is 1. The van der Waals surface area contributed by atoms with E-state index in [1.807, 2.05) is 13.8 Å². The summed E-state index contributed by atoms with van der Waals surface area (Å²) in [5.41, 5.74) is 6.40. The van der Waals surface area contributed by atoms with Gasteiger partial charge in [0.1, 0.15) is 5.82 Å². The predicted octanol–water partition coefficient (Wildman–Crippen LogP) is 2.77. The Morgan fingerprint density at radius 2 is 1.92 bits per heavy atom. The third kappa shape index (κ3) is 4.08. The number of carbonyl (C=O) groups excluding carboxylic acids is 1. The van der Waals surface area contributed by atoms with Crippen LogP contribution < -0.4 is 5.73 Å². The van der Waals surface area contributed by atoms with Crippen molar-refractivity contribution in [2.45, 2.75) is 33.9 Å². The first-order valence-corrected chi connectivity index (χ1v) is 8.35. The van der Waals surface area contributed by atoms with E-state index in [1.54, 1.807) is 34.7 Å². The van der Waals surface area contributed by atoms with Crippen LogP contribution in [0.25, 0.3) is 11.0 Å². The largest absolute Gasteiger partial charge is 0.462 e. The molecule has 0 atom stereocenters. The zero-order chi connectivity index (χ0) is 18.4. The number of esters is 1. The van der Waals surface area contributed by atoms with Crippen molar-refractivity contribution in [2.75, 3.05) is 12.3 Å². The molecule has 0 saturated carbocycles. The monoisotopic (exact) mass is 364 g/mol. The maximum atomic E-state index is 11.6. The van der Waals surface area contributed by atoms with E-state index in [2.05, 4.69) is 15.2 Å². The van der Waals surface area contributed by atoms with Crippen LogP contribution in [0, 0.1) is 0 Å². The number of nitrogens with zero attached hydrogens (tertiary/aromatic N) is 5. The molecule has 9 heteroatoms. The van der Waals surface area contributed by atoms with Gasteiger partial charge in [-0.2, -0.15) is 10.2 Å². The molecule has 3 aromatic rings. The fourth-order valence-corrected chi connectivity index (χ4v) is 2.45. The van der Waals surface area contributed by atoms with Crippen LogP contribution in [0.1, 0.15) is 31.1 Å². The molecule has 0 radical (unpaired) electrons. The summed E-state index contributed by atoms with van der Waals surface area (Å²) in [4.78, 5) is 15.8. The second-order valence-corrected chi connectivity index (χ2v) is 5.35. The van der Waals surface area contributed by atoms with Gasteiger partial charge < -0.3 is 10.5 Å². The van der Waals surface area contributed by atoms with Gasteiger partial charge in [-0.3, -0.25) is 4.68 Å². The SMILES string of the molecule is CCOC(=O)c1cnc2c(cnn2CC)c1Cl.CCn1nccc1N. The van der Waals surface area contributed by atoms with Gasteiger partial charge in [-0.1, -0.05) is 11.6 Å². The first-order chi connectivity index (χ1) is 12.0. The molecule has 0 spiro atoms. The van der Waals surface area contributed by atoms with Gasteiger partial charge in [-0.15, -0.1) is 0 Å². The van der Waals surface area contributed by atoms with Gasteiger partial charge in [0.05, 0.1) is 35.0 Å². The highest BCUT2D eigenvalue weighted by Crippen LogP contribution is 2.25. The fraction of sp³-hybridized carbons (Fsp3) is 0.375. The van der Waals surface area contributed by atoms with Gasteiger partial charge in [0.2, 0.25) is 0 Å². The molecule has 0 bridgehead atoms. The van der Waals surface area contributed by atoms with Crippen molar-refractivity contribution >= 4 is 34.4 Å². The lowest BCUT2D eigenvalue weighted by molar-refractivity contribution is 0.0526. The number of nitrogens with two attached hydrogens (primary N) is 1. The Balaban J connectivity index is 0.000000236. The lowest BCUT2D eigenvalue weighted by atomic mass is 10.2. The van der Waals surface area contributed by atoms with Crippen molar-refractivity contribution < 1.29 is 9.53 Å². The van der Waals surface area contributed by atoms with E-state index in [0.717, 1.165) is 12.4 Å². The number of aryl methyl sites for hydroxylation is 2. The van der Waals surface area contributed by atoms with Crippen LogP contribution in [-0.4, -0.2) is 37.1 Å². The van der Waals surface area contributed by atoms with Crippen LogP contribution in [0.4, 0.5) is 5.82 Å². The third-order valence-corrected chi connectivity index (χ3v) is 3.85. The fourth-order valence-electron chi connectivity index (χ4n) is 2.19. The Hall–Kier alpha value is -2.61. The first kappa shape index (κ1) is 18.7. The summed E-state index contributed by atoms with van der Waals surface area (Å²) in [6.45, 7) is 7.56. The average Bonchev–Trinajstić information content (AvgIpc) is 3.21. The standard InChI is InChI=1S/C11H12ClN3O2.C5H9N3/c1-3-15-10-7(6-14-15)9(12)8(5-13-10)11(16)17-4-2;1-2-8-5(6)3-4-7-8/h5-6H,3-4H2,1-2H3;3-4H,2,6H2,1H3. The summed E-state index contributed by atoms with van der Waals surface area (Å²) in [6, 6.07) is 1.78. The summed E-state index contributed by atoms with van der Waals surface area (Å²) in [5, 5.41) is 9.07. The molecule has 0 fully saturated rings. The molecule has 0 aliphatic heterocycles. The van der Waals surface area contributed by atoms with Crippen molar-refractivity contribution in [3.63, 3.8) is 0 Å². The lowest BCUT2D eigenvalue weighted by Gasteiger charge is -2.04. The van der Waals surface area contributed by atoms with Crippen LogP contribution in [0.3, 0.4) is 0 Å². The van der Waals surface area contributed by atoms with Crippen molar-refractivity contribution in [1.29, 1.82) is 0 Å². The zero-order valence-corrected chi connectivity index (χ0v) is 15.2. The van der Waals surface area contributed by atoms with Crippen molar-refractivity contribution in [2.24, 2.45) is 0 Å². The van der Waals surface area contributed by atoms with Gasteiger partial charge in [-0.05, 0) is 26.8 Å². The minimum atomic E-state index is -0.462. The molecule has 134 valence electrons. The van der Waals surface area contributed by atoms with Crippen molar-refractivity contribution in [3.8, 4) is 0 Å². The van der Waals surface area contributed by atoms with Crippen LogP contribution >= 0.6 is 11.6 Å². The number of nitrogen functional groups attached to an aromatic ring is 1.